The van der Waals surface area contributed by atoms with Crippen LogP contribution in [0.5, 0.6) is 5.75 Å². The van der Waals surface area contributed by atoms with E-state index < -0.39 is 0 Å². The number of carbonyl (C=O) groups excluding carboxylic acids is 3. The Balaban J connectivity index is 1.35. The third-order valence-electron chi connectivity index (χ3n) is 5.02. The predicted octanol–water partition coefficient (Wildman–Crippen LogP) is 2.84. The molecule has 2 heterocycles. The SMILES string of the molecule is O=C(NCCCC(=O)N1CCC(C(=O)Nc2ccccc2O)CC1)c1ccsc1. The summed E-state index contributed by atoms with van der Waals surface area (Å²) in [5.41, 5.74) is 1.05. The highest BCUT2D eigenvalue weighted by Crippen LogP contribution is 2.25. The molecule has 154 valence electrons. The van der Waals surface area contributed by atoms with E-state index in [4.69, 9.17) is 0 Å². The van der Waals surface area contributed by atoms with Crippen molar-refractivity contribution in [2.75, 3.05) is 25.0 Å². The lowest BCUT2D eigenvalue weighted by molar-refractivity contribution is -0.134. The van der Waals surface area contributed by atoms with Crippen molar-refractivity contribution in [3.63, 3.8) is 0 Å². The van der Waals surface area contributed by atoms with Gasteiger partial charge in [-0.15, -0.1) is 0 Å². The van der Waals surface area contributed by atoms with Crippen LogP contribution in [-0.2, 0) is 9.59 Å². The molecule has 1 fully saturated rings. The maximum absolute atomic E-state index is 12.4. The van der Waals surface area contributed by atoms with E-state index in [1.165, 1.54) is 17.4 Å². The minimum absolute atomic E-state index is 0.0413. The van der Waals surface area contributed by atoms with Gasteiger partial charge in [0.1, 0.15) is 5.75 Å². The zero-order valence-corrected chi connectivity index (χ0v) is 16.9. The third kappa shape index (κ3) is 5.80. The van der Waals surface area contributed by atoms with Crippen LogP contribution in [0.1, 0.15) is 36.0 Å². The molecule has 8 heteroatoms. The fraction of sp³-hybridized carbons (Fsp3) is 0.381. The topological polar surface area (TPSA) is 98.7 Å². The molecule has 0 bridgehead atoms. The fourth-order valence-corrected chi connectivity index (χ4v) is 3.94. The summed E-state index contributed by atoms with van der Waals surface area (Å²) in [5, 5.41) is 19.0. The number of likely N-dealkylation sites (tertiary alicyclic amines) is 1. The van der Waals surface area contributed by atoms with E-state index in [9.17, 15) is 19.5 Å². The van der Waals surface area contributed by atoms with Gasteiger partial charge in [0, 0.05) is 42.9 Å². The first-order chi connectivity index (χ1) is 14.0. The number of aromatic hydroxyl groups is 1. The molecule has 29 heavy (non-hydrogen) atoms. The second-order valence-corrected chi connectivity index (χ2v) is 7.81. The van der Waals surface area contributed by atoms with Crippen molar-refractivity contribution < 1.29 is 19.5 Å². The van der Waals surface area contributed by atoms with Gasteiger partial charge >= 0.3 is 0 Å². The Labute approximate surface area is 173 Å². The molecule has 2 aromatic rings. The maximum atomic E-state index is 12.4. The van der Waals surface area contributed by atoms with Crippen LogP contribution in [0, 0.1) is 5.92 Å². The van der Waals surface area contributed by atoms with Gasteiger partial charge < -0.3 is 20.6 Å². The predicted molar refractivity (Wildman–Crippen MR) is 112 cm³/mol. The summed E-state index contributed by atoms with van der Waals surface area (Å²) in [7, 11) is 0. The van der Waals surface area contributed by atoms with Gasteiger partial charge in [0.05, 0.1) is 5.69 Å². The fourth-order valence-electron chi connectivity index (χ4n) is 3.30. The largest absolute Gasteiger partial charge is 0.506 e. The lowest BCUT2D eigenvalue weighted by Gasteiger charge is -2.31. The average Bonchev–Trinajstić information content (AvgIpc) is 3.28. The standard InChI is InChI=1S/C21H25N3O4S/c25-18-5-2-1-4-17(18)23-21(28)15-7-11-24(12-8-15)19(26)6-3-10-22-20(27)16-9-13-29-14-16/h1-2,4-5,9,13-15,25H,3,6-8,10-12H2,(H,22,27)(H,23,28). The first kappa shape index (κ1) is 20.9. The first-order valence-electron chi connectivity index (χ1n) is 9.71. The number of anilines is 1. The Hall–Kier alpha value is -2.87. The summed E-state index contributed by atoms with van der Waals surface area (Å²) < 4.78 is 0. The Morgan fingerprint density at radius 3 is 2.59 bits per heavy atom. The van der Waals surface area contributed by atoms with Crippen molar-refractivity contribution >= 4 is 34.7 Å². The lowest BCUT2D eigenvalue weighted by Crippen LogP contribution is -2.41. The number of carbonyl (C=O) groups is 3. The van der Waals surface area contributed by atoms with E-state index in [2.05, 4.69) is 10.6 Å². The highest BCUT2D eigenvalue weighted by atomic mass is 32.1. The second-order valence-electron chi connectivity index (χ2n) is 7.03. The number of hydrogen-bond acceptors (Lipinski definition) is 5. The summed E-state index contributed by atoms with van der Waals surface area (Å²) in [4.78, 5) is 38.4. The van der Waals surface area contributed by atoms with Crippen molar-refractivity contribution in [1.82, 2.24) is 10.2 Å². The molecule has 3 rings (SSSR count). The van der Waals surface area contributed by atoms with Crippen molar-refractivity contribution in [2.45, 2.75) is 25.7 Å². The molecular formula is C21H25N3O4S. The summed E-state index contributed by atoms with van der Waals surface area (Å²) in [5.74, 6) is -0.331. The van der Waals surface area contributed by atoms with Gasteiger partial charge in [-0.1, -0.05) is 12.1 Å². The first-order valence-corrected chi connectivity index (χ1v) is 10.7. The maximum Gasteiger partial charge on any atom is 0.252 e. The molecule has 3 amide bonds. The van der Waals surface area contributed by atoms with Crippen LogP contribution in [0.3, 0.4) is 0 Å². The summed E-state index contributed by atoms with van der Waals surface area (Å²) in [6.07, 6.45) is 2.15. The number of nitrogens with one attached hydrogen (secondary N) is 2. The Kier molecular flexibility index (Phi) is 7.24. The molecule has 1 aromatic heterocycles. The molecule has 0 atom stereocenters. The van der Waals surface area contributed by atoms with Gasteiger partial charge in [0.25, 0.3) is 5.91 Å². The second kappa shape index (κ2) is 10.1. The number of phenolic OH excluding ortho intramolecular Hbond substituents is 1. The van der Waals surface area contributed by atoms with E-state index in [0.29, 0.717) is 56.6 Å². The van der Waals surface area contributed by atoms with Crippen molar-refractivity contribution in [2.24, 2.45) is 5.92 Å². The van der Waals surface area contributed by atoms with Crippen molar-refractivity contribution in [1.29, 1.82) is 0 Å². The Morgan fingerprint density at radius 2 is 1.90 bits per heavy atom. The molecule has 1 saturated heterocycles. The summed E-state index contributed by atoms with van der Waals surface area (Å²) >= 11 is 1.47. The van der Waals surface area contributed by atoms with Crippen LogP contribution in [0.2, 0.25) is 0 Å². The number of benzene rings is 1. The van der Waals surface area contributed by atoms with Gasteiger partial charge in [-0.2, -0.15) is 11.3 Å². The number of nitrogens with zero attached hydrogens (tertiary/aromatic N) is 1. The normalized spacial score (nSPS) is 14.4. The zero-order chi connectivity index (χ0) is 20.6. The van der Waals surface area contributed by atoms with Crippen molar-refractivity contribution in [3.8, 4) is 5.75 Å². The molecule has 0 saturated carbocycles. The van der Waals surface area contributed by atoms with Gasteiger partial charge in [-0.3, -0.25) is 14.4 Å². The van der Waals surface area contributed by atoms with E-state index >= 15 is 0 Å². The zero-order valence-electron chi connectivity index (χ0n) is 16.1. The van der Waals surface area contributed by atoms with E-state index in [1.54, 1.807) is 34.5 Å². The molecule has 1 aromatic carbocycles. The highest BCUT2D eigenvalue weighted by molar-refractivity contribution is 7.08. The van der Waals surface area contributed by atoms with Crippen LogP contribution in [0.4, 0.5) is 5.69 Å². The monoisotopic (exact) mass is 415 g/mol. The summed E-state index contributed by atoms with van der Waals surface area (Å²) in [6, 6.07) is 8.40. The molecule has 0 unspecified atom stereocenters. The van der Waals surface area contributed by atoms with Crippen LogP contribution >= 0.6 is 11.3 Å². The quantitative estimate of drug-likeness (QED) is 0.478. The van der Waals surface area contributed by atoms with Crippen LogP contribution in [-0.4, -0.2) is 47.4 Å². The minimum Gasteiger partial charge on any atom is -0.506 e. The molecule has 3 N–H and O–H groups in total. The summed E-state index contributed by atoms with van der Waals surface area (Å²) in [6.45, 7) is 1.54. The van der Waals surface area contributed by atoms with E-state index in [1.807, 2.05) is 5.38 Å². The smallest absolute Gasteiger partial charge is 0.252 e. The number of hydrogen-bond donors (Lipinski definition) is 3. The number of thiophene rings is 1. The minimum atomic E-state index is -0.177. The van der Waals surface area contributed by atoms with E-state index in [0.717, 1.165) is 0 Å². The lowest BCUT2D eigenvalue weighted by atomic mass is 9.95. The molecule has 0 spiro atoms. The van der Waals surface area contributed by atoms with E-state index in [-0.39, 0.29) is 29.4 Å². The average molecular weight is 416 g/mol. The van der Waals surface area contributed by atoms with Gasteiger partial charge in [0.2, 0.25) is 11.8 Å². The van der Waals surface area contributed by atoms with Crippen LogP contribution in [0.25, 0.3) is 0 Å². The number of rotatable bonds is 7. The number of amides is 3. The molecule has 1 aliphatic heterocycles. The number of phenols is 1. The van der Waals surface area contributed by atoms with Gasteiger partial charge in [-0.05, 0) is 42.8 Å². The molecule has 1 aliphatic rings. The third-order valence-corrected chi connectivity index (χ3v) is 5.70. The Bertz CT molecular complexity index is 845. The van der Waals surface area contributed by atoms with Gasteiger partial charge in [-0.25, -0.2) is 0 Å². The molecule has 7 nitrogen and oxygen atoms in total. The Morgan fingerprint density at radius 1 is 1.14 bits per heavy atom. The van der Waals surface area contributed by atoms with Crippen LogP contribution in [0.15, 0.2) is 41.1 Å². The number of piperidine rings is 1. The van der Waals surface area contributed by atoms with Crippen molar-refractivity contribution in [3.05, 3.63) is 46.7 Å². The highest BCUT2D eigenvalue weighted by Gasteiger charge is 2.27. The van der Waals surface area contributed by atoms with Gasteiger partial charge in [0.15, 0.2) is 0 Å². The molecular weight excluding hydrogens is 390 g/mol. The molecule has 0 aliphatic carbocycles. The number of para-hydroxylation sites is 2. The molecule has 0 radical (unpaired) electrons. The van der Waals surface area contributed by atoms with Crippen LogP contribution < -0.4 is 10.6 Å².